The van der Waals surface area contributed by atoms with Crippen molar-refractivity contribution in [3.05, 3.63) is 0 Å². The van der Waals surface area contributed by atoms with Crippen LogP contribution in [0.4, 0.5) is 4.79 Å². The van der Waals surface area contributed by atoms with Crippen LogP contribution in [0.15, 0.2) is 0 Å². The van der Waals surface area contributed by atoms with Gasteiger partial charge in [-0.2, -0.15) is 0 Å². The summed E-state index contributed by atoms with van der Waals surface area (Å²) in [6.07, 6.45) is 2.25. The van der Waals surface area contributed by atoms with E-state index >= 15 is 0 Å². The third-order valence-corrected chi connectivity index (χ3v) is 5.32. The molecule has 2 atom stereocenters. The van der Waals surface area contributed by atoms with Crippen molar-refractivity contribution in [3.8, 4) is 0 Å². The fraction of sp³-hybridized carbons (Fsp3) is 0.889. The van der Waals surface area contributed by atoms with Crippen molar-refractivity contribution in [1.29, 1.82) is 0 Å². The summed E-state index contributed by atoms with van der Waals surface area (Å²) in [6.45, 7) is 17.0. The van der Waals surface area contributed by atoms with Crippen LogP contribution < -0.4 is 0 Å². The van der Waals surface area contributed by atoms with Crippen LogP contribution in [0.5, 0.6) is 0 Å². The largest absolute Gasteiger partial charge is 0.444 e. The van der Waals surface area contributed by atoms with Crippen LogP contribution in [0.2, 0.25) is 13.1 Å². The highest BCUT2D eigenvalue weighted by molar-refractivity contribution is 6.48. The van der Waals surface area contributed by atoms with E-state index in [1.165, 1.54) is 0 Å². The van der Waals surface area contributed by atoms with Gasteiger partial charge in [-0.05, 0) is 51.6 Å². The summed E-state index contributed by atoms with van der Waals surface area (Å²) in [4.78, 5) is 25.6. The van der Waals surface area contributed by atoms with Crippen molar-refractivity contribution in [2.24, 2.45) is 11.3 Å². The maximum atomic E-state index is 12.8. The van der Waals surface area contributed by atoms with E-state index in [1.54, 1.807) is 4.90 Å². The van der Waals surface area contributed by atoms with Crippen molar-refractivity contribution in [2.75, 3.05) is 6.54 Å². The standard InChI is InChI=1S/C18H35NO4Si/c1-16(2,3)14-12-18(10-9-11-20,23-24(7)8)19(13-14)15(21)22-17(4,5)6/h11,14,24H,9-10,12-13H2,1-8H3/t14-,18+/m0/s1. The number of carbonyl (C=O) groups excluding carboxylic acids is 2. The van der Waals surface area contributed by atoms with Gasteiger partial charge in [-0.3, -0.25) is 4.90 Å². The molecule has 1 rings (SSSR count). The fourth-order valence-electron chi connectivity index (χ4n) is 3.22. The lowest BCUT2D eigenvalue weighted by Crippen LogP contribution is -2.52. The summed E-state index contributed by atoms with van der Waals surface area (Å²) in [6, 6.07) is 0. The van der Waals surface area contributed by atoms with Gasteiger partial charge in [0.1, 0.15) is 17.6 Å². The van der Waals surface area contributed by atoms with Crippen LogP contribution in [0.1, 0.15) is 60.8 Å². The molecule has 1 saturated heterocycles. The van der Waals surface area contributed by atoms with Gasteiger partial charge < -0.3 is 14.0 Å². The Balaban J connectivity index is 3.19. The molecule has 0 unspecified atom stereocenters. The zero-order valence-corrected chi connectivity index (χ0v) is 17.8. The highest BCUT2D eigenvalue weighted by atomic mass is 28.3. The number of hydrogen-bond donors (Lipinski definition) is 0. The Morgan fingerprint density at radius 3 is 2.25 bits per heavy atom. The summed E-state index contributed by atoms with van der Waals surface area (Å²) in [5.41, 5.74) is -1.20. The van der Waals surface area contributed by atoms with E-state index in [2.05, 4.69) is 33.9 Å². The lowest BCUT2D eigenvalue weighted by Gasteiger charge is -2.40. The number of hydrogen-bond acceptors (Lipinski definition) is 4. The van der Waals surface area contributed by atoms with Crippen molar-refractivity contribution < 1.29 is 18.8 Å². The Labute approximate surface area is 148 Å². The molecule has 24 heavy (non-hydrogen) atoms. The predicted molar refractivity (Wildman–Crippen MR) is 98.5 cm³/mol. The molecule has 0 bridgehead atoms. The topological polar surface area (TPSA) is 55.8 Å². The Morgan fingerprint density at radius 1 is 1.25 bits per heavy atom. The average molecular weight is 358 g/mol. The molecule has 5 nitrogen and oxygen atoms in total. The zero-order valence-electron chi connectivity index (χ0n) is 16.6. The summed E-state index contributed by atoms with van der Waals surface area (Å²) < 4.78 is 12.0. The first-order chi connectivity index (χ1) is 10.8. The van der Waals surface area contributed by atoms with Crippen molar-refractivity contribution in [1.82, 2.24) is 4.90 Å². The van der Waals surface area contributed by atoms with Crippen LogP contribution in [0.3, 0.4) is 0 Å². The lowest BCUT2D eigenvalue weighted by atomic mass is 9.78. The van der Waals surface area contributed by atoms with Gasteiger partial charge in [0.2, 0.25) is 0 Å². The van der Waals surface area contributed by atoms with Crippen molar-refractivity contribution in [2.45, 2.75) is 85.2 Å². The molecule has 1 aliphatic heterocycles. The number of ether oxygens (including phenoxy) is 1. The maximum absolute atomic E-state index is 12.8. The molecule has 0 aromatic carbocycles. The second kappa shape index (κ2) is 7.56. The van der Waals surface area contributed by atoms with Gasteiger partial charge in [-0.25, -0.2) is 4.79 Å². The second-order valence-electron chi connectivity index (χ2n) is 9.18. The molecule has 140 valence electrons. The second-order valence-corrected chi connectivity index (χ2v) is 11.5. The highest BCUT2D eigenvalue weighted by Gasteiger charge is 2.52. The van der Waals surface area contributed by atoms with E-state index in [9.17, 15) is 9.59 Å². The van der Waals surface area contributed by atoms with Gasteiger partial charge in [0, 0.05) is 19.4 Å². The number of amides is 1. The maximum Gasteiger partial charge on any atom is 0.412 e. The number of likely N-dealkylation sites (tertiary alicyclic amines) is 1. The molecule has 0 aromatic heterocycles. The molecule has 0 aliphatic carbocycles. The Kier molecular flexibility index (Phi) is 6.67. The van der Waals surface area contributed by atoms with Crippen molar-refractivity contribution >= 4 is 21.4 Å². The quantitative estimate of drug-likeness (QED) is 0.552. The van der Waals surface area contributed by atoms with E-state index < -0.39 is 20.4 Å². The predicted octanol–water partition coefficient (Wildman–Crippen LogP) is 3.96. The van der Waals surface area contributed by atoms with Gasteiger partial charge in [0.15, 0.2) is 9.04 Å². The van der Waals surface area contributed by atoms with Crippen molar-refractivity contribution in [3.63, 3.8) is 0 Å². The van der Waals surface area contributed by atoms with E-state index in [0.29, 0.717) is 25.3 Å². The van der Waals surface area contributed by atoms with Crippen LogP contribution >= 0.6 is 0 Å². The molecule has 0 spiro atoms. The fourth-order valence-corrected chi connectivity index (χ4v) is 4.43. The molecule has 1 aliphatic rings. The molecular formula is C18H35NO4Si. The summed E-state index contributed by atoms with van der Waals surface area (Å²) in [7, 11) is -1.41. The Bertz CT molecular complexity index is 453. The molecule has 0 N–H and O–H groups in total. The van der Waals surface area contributed by atoms with E-state index in [1.807, 2.05) is 20.8 Å². The molecule has 0 aromatic rings. The van der Waals surface area contributed by atoms with Crippen LogP contribution in [0.25, 0.3) is 0 Å². The number of nitrogens with zero attached hydrogens (tertiary/aromatic N) is 1. The minimum Gasteiger partial charge on any atom is -0.444 e. The van der Waals surface area contributed by atoms with Gasteiger partial charge in [0.05, 0.1) is 0 Å². The SMILES string of the molecule is C[SiH](C)O[C@]1(CCC=O)C[C@H](C(C)(C)C)CN1C(=O)OC(C)(C)C. The smallest absolute Gasteiger partial charge is 0.412 e. The lowest BCUT2D eigenvalue weighted by molar-refractivity contribution is -0.111. The summed E-state index contributed by atoms with van der Waals surface area (Å²) >= 11 is 0. The molecule has 0 saturated carbocycles. The van der Waals surface area contributed by atoms with Crippen LogP contribution in [-0.4, -0.2) is 44.2 Å². The highest BCUT2D eigenvalue weighted by Crippen LogP contribution is 2.45. The number of carbonyl (C=O) groups is 2. The minimum atomic E-state index is -1.41. The molecule has 0 radical (unpaired) electrons. The molecule has 1 heterocycles. The molecule has 1 fully saturated rings. The van der Waals surface area contributed by atoms with Crippen LogP contribution in [0, 0.1) is 11.3 Å². The number of aldehydes is 1. The van der Waals surface area contributed by atoms with E-state index in [0.717, 1.165) is 12.7 Å². The molecule has 6 heteroatoms. The third kappa shape index (κ3) is 5.58. The Morgan fingerprint density at radius 2 is 1.83 bits per heavy atom. The van der Waals surface area contributed by atoms with Gasteiger partial charge in [-0.1, -0.05) is 20.8 Å². The monoisotopic (exact) mass is 357 g/mol. The summed E-state index contributed by atoms with van der Waals surface area (Å²) in [5.74, 6) is 0.310. The normalized spacial score (nSPS) is 25.2. The first kappa shape index (κ1) is 21.2. The van der Waals surface area contributed by atoms with E-state index in [4.69, 9.17) is 9.16 Å². The van der Waals surface area contributed by atoms with Gasteiger partial charge in [0.25, 0.3) is 0 Å². The van der Waals surface area contributed by atoms with Gasteiger partial charge in [-0.15, -0.1) is 0 Å². The Hall–Kier alpha value is -0.883. The van der Waals surface area contributed by atoms with Gasteiger partial charge >= 0.3 is 6.09 Å². The van der Waals surface area contributed by atoms with E-state index in [-0.39, 0.29) is 11.5 Å². The number of rotatable bonds is 5. The zero-order chi connectivity index (χ0) is 18.8. The summed E-state index contributed by atoms with van der Waals surface area (Å²) in [5, 5.41) is 0. The minimum absolute atomic E-state index is 0.0606. The molecule has 1 amide bonds. The molecular weight excluding hydrogens is 322 g/mol. The third-order valence-electron chi connectivity index (χ3n) is 4.41. The first-order valence-electron chi connectivity index (χ1n) is 8.93. The van der Waals surface area contributed by atoms with Crippen LogP contribution in [-0.2, 0) is 14.0 Å². The first-order valence-corrected chi connectivity index (χ1v) is 11.7. The average Bonchev–Trinajstić information content (AvgIpc) is 2.73.